The monoisotopic (exact) mass is 355 g/mol. The van der Waals surface area contributed by atoms with E-state index in [4.69, 9.17) is 4.74 Å². The Balaban J connectivity index is 2.38. The normalized spacial score (nSPS) is 11.0. The molecule has 2 aromatic rings. The average Bonchev–Trinajstić information content (AvgIpc) is 2.53. The summed E-state index contributed by atoms with van der Waals surface area (Å²) in [5, 5.41) is 11.2. The Hall–Kier alpha value is -2.84. The van der Waals surface area contributed by atoms with E-state index >= 15 is 0 Å². The first-order valence-electron chi connectivity index (χ1n) is 7.38. The summed E-state index contributed by atoms with van der Waals surface area (Å²) in [5.74, 6) is -1.58. The highest BCUT2D eigenvalue weighted by molar-refractivity contribution is 5.97. The molecule has 0 saturated heterocycles. The molecule has 1 heterocycles. The van der Waals surface area contributed by atoms with Gasteiger partial charge in [-0.3, -0.25) is 4.79 Å². The van der Waals surface area contributed by atoms with Crippen LogP contribution in [0.1, 0.15) is 24.2 Å². The van der Waals surface area contributed by atoms with Gasteiger partial charge in [-0.2, -0.15) is 0 Å². The molecular formula is C16H16F3N3O3. The maximum Gasteiger partial charge on any atom is 0.289 e. The first kappa shape index (κ1) is 18.5. The molecule has 0 fully saturated rings. The smallest absolute Gasteiger partial charge is 0.289 e. The maximum atomic E-state index is 13.6. The Morgan fingerprint density at radius 2 is 2.12 bits per heavy atom. The van der Waals surface area contributed by atoms with Gasteiger partial charge in [-0.1, -0.05) is 4.98 Å². The van der Waals surface area contributed by atoms with E-state index < -0.39 is 30.7 Å². The Morgan fingerprint density at radius 1 is 1.40 bits per heavy atom. The van der Waals surface area contributed by atoms with Crippen LogP contribution in [0.3, 0.4) is 0 Å². The SMILES string of the molecule is CC(C)N(CC(F)F)C(=O)c1cc(F)ccc1Oc1cnc[n+]([O-])c1. The van der Waals surface area contributed by atoms with Crippen LogP contribution in [0.2, 0.25) is 0 Å². The standard InChI is InChI=1S/C16H16F3N3O3/c1-10(2)22(8-15(18)19)16(23)13-5-11(17)3-4-14(13)25-12-6-20-9-21(24)7-12/h3-7,9-10,15H,8H2,1-2H3. The van der Waals surface area contributed by atoms with Crippen LogP contribution in [0, 0.1) is 11.0 Å². The van der Waals surface area contributed by atoms with E-state index in [0.717, 1.165) is 29.6 Å². The second kappa shape index (κ2) is 7.82. The van der Waals surface area contributed by atoms with Gasteiger partial charge in [-0.25, -0.2) is 17.9 Å². The number of ether oxygens (including phenoxy) is 1. The van der Waals surface area contributed by atoms with Crippen LogP contribution in [0.5, 0.6) is 11.5 Å². The van der Waals surface area contributed by atoms with Crippen molar-refractivity contribution < 1.29 is 27.4 Å². The Morgan fingerprint density at radius 3 is 2.72 bits per heavy atom. The van der Waals surface area contributed by atoms with Crippen LogP contribution in [-0.2, 0) is 0 Å². The van der Waals surface area contributed by atoms with E-state index in [1.165, 1.54) is 12.3 Å². The predicted octanol–water partition coefficient (Wildman–Crippen LogP) is 2.76. The molecular weight excluding hydrogens is 339 g/mol. The minimum atomic E-state index is -2.73. The second-order valence-electron chi connectivity index (χ2n) is 5.47. The molecule has 25 heavy (non-hydrogen) atoms. The zero-order valence-electron chi connectivity index (χ0n) is 13.5. The Kier molecular flexibility index (Phi) is 5.79. The molecule has 0 atom stereocenters. The van der Waals surface area contributed by atoms with Crippen molar-refractivity contribution in [2.24, 2.45) is 0 Å². The highest BCUT2D eigenvalue weighted by atomic mass is 19.3. The van der Waals surface area contributed by atoms with Crippen molar-refractivity contribution >= 4 is 5.91 Å². The number of alkyl halides is 2. The average molecular weight is 355 g/mol. The number of carbonyl (C=O) groups excluding carboxylic acids is 1. The number of benzene rings is 1. The van der Waals surface area contributed by atoms with Crippen molar-refractivity contribution in [3.8, 4) is 11.5 Å². The van der Waals surface area contributed by atoms with Gasteiger partial charge in [0.05, 0.1) is 12.1 Å². The minimum Gasteiger partial charge on any atom is -0.711 e. The first-order valence-corrected chi connectivity index (χ1v) is 7.38. The quantitative estimate of drug-likeness (QED) is 0.590. The molecule has 0 spiro atoms. The molecule has 1 amide bonds. The summed E-state index contributed by atoms with van der Waals surface area (Å²) in [5.41, 5.74) is -0.226. The molecule has 0 aliphatic carbocycles. The van der Waals surface area contributed by atoms with Crippen molar-refractivity contribution in [1.82, 2.24) is 9.88 Å². The van der Waals surface area contributed by atoms with Gasteiger partial charge >= 0.3 is 0 Å². The van der Waals surface area contributed by atoms with E-state index in [1.807, 2.05) is 0 Å². The highest BCUT2D eigenvalue weighted by Crippen LogP contribution is 2.27. The van der Waals surface area contributed by atoms with Gasteiger partial charge in [0.15, 0.2) is 6.20 Å². The molecule has 1 aromatic carbocycles. The van der Waals surface area contributed by atoms with Gasteiger partial charge in [-0.05, 0) is 32.0 Å². The lowest BCUT2D eigenvalue weighted by atomic mass is 10.1. The summed E-state index contributed by atoms with van der Waals surface area (Å²) >= 11 is 0. The van der Waals surface area contributed by atoms with Gasteiger partial charge in [0.1, 0.15) is 17.8 Å². The zero-order valence-corrected chi connectivity index (χ0v) is 13.5. The Bertz CT molecular complexity index is 756. The van der Waals surface area contributed by atoms with Gasteiger partial charge < -0.3 is 14.8 Å². The third-order valence-electron chi connectivity index (χ3n) is 3.26. The maximum absolute atomic E-state index is 13.6. The molecule has 0 bridgehead atoms. The van der Waals surface area contributed by atoms with Crippen LogP contribution in [0.25, 0.3) is 0 Å². The Labute approximate surface area is 142 Å². The van der Waals surface area contributed by atoms with E-state index in [2.05, 4.69) is 4.98 Å². The van der Waals surface area contributed by atoms with Gasteiger partial charge in [0.2, 0.25) is 5.75 Å². The van der Waals surface area contributed by atoms with E-state index in [1.54, 1.807) is 13.8 Å². The molecule has 0 aliphatic heterocycles. The molecule has 0 saturated carbocycles. The summed E-state index contributed by atoms with van der Waals surface area (Å²) in [6.07, 6.45) is 0.546. The number of hydrogen-bond donors (Lipinski definition) is 0. The molecule has 2 rings (SSSR count). The fourth-order valence-corrected chi connectivity index (χ4v) is 2.13. The summed E-state index contributed by atoms with van der Waals surface area (Å²) in [4.78, 5) is 17.2. The summed E-state index contributed by atoms with van der Waals surface area (Å²) in [7, 11) is 0. The van der Waals surface area contributed by atoms with E-state index in [0.29, 0.717) is 4.73 Å². The number of hydrogen-bond acceptors (Lipinski definition) is 4. The lowest BCUT2D eigenvalue weighted by Gasteiger charge is -2.27. The summed E-state index contributed by atoms with van der Waals surface area (Å²) in [6.45, 7) is 2.35. The van der Waals surface area contributed by atoms with E-state index in [-0.39, 0.29) is 17.1 Å². The largest absolute Gasteiger partial charge is 0.711 e. The van der Waals surface area contributed by atoms with Crippen LogP contribution in [0.15, 0.2) is 36.9 Å². The van der Waals surface area contributed by atoms with Crippen LogP contribution < -0.4 is 9.47 Å². The zero-order chi connectivity index (χ0) is 18.6. The fourth-order valence-electron chi connectivity index (χ4n) is 2.13. The van der Waals surface area contributed by atoms with Crippen LogP contribution in [0.4, 0.5) is 13.2 Å². The molecule has 134 valence electrons. The molecule has 0 aliphatic rings. The van der Waals surface area contributed by atoms with Crippen molar-refractivity contribution in [1.29, 1.82) is 0 Å². The summed E-state index contributed by atoms with van der Waals surface area (Å²) < 4.78 is 44.9. The lowest BCUT2D eigenvalue weighted by Crippen LogP contribution is -2.40. The summed E-state index contributed by atoms with van der Waals surface area (Å²) in [6, 6.07) is 2.62. The minimum absolute atomic E-state index is 0.0168. The molecule has 0 radical (unpaired) electrons. The number of rotatable bonds is 6. The van der Waals surface area contributed by atoms with Crippen molar-refractivity contribution in [2.75, 3.05) is 6.54 Å². The fraction of sp³-hybridized carbons (Fsp3) is 0.312. The molecule has 0 N–H and O–H groups in total. The van der Waals surface area contributed by atoms with Crippen molar-refractivity contribution in [3.63, 3.8) is 0 Å². The first-order chi connectivity index (χ1) is 11.8. The third kappa shape index (κ3) is 4.82. The number of aromatic nitrogens is 2. The topological polar surface area (TPSA) is 69.4 Å². The lowest BCUT2D eigenvalue weighted by molar-refractivity contribution is -0.609. The molecule has 0 unspecified atom stereocenters. The molecule has 1 aromatic heterocycles. The van der Waals surface area contributed by atoms with Crippen molar-refractivity contribution in [2.45, 2.75) is 26.3 Å². The number of carbonyl (C=O) groups is 1. The van der Waals surface area contributed by atoms with E-state index in [9.17, 15) is 23.2 Å². The predicted molar refractivity (Wildman–Crippen MR) is 81.8 cm³/mol. The van der Waals surface area contributed by atoms with Crippen molar-refractivity contribution in [3.05, 3.63) is 53.5 Å². The number of halogens is 3. The second-order valence-corrected chi connectivity index (χ2v) is 5.47. The molecule has 6 nitrogen and oxygen atoms in total. The number of amides is 1. The van der Waals surface area contributed by atoms with Crippen LogP contribution >= 0.6 is 0 Å². The highest BCUT2D eigenvalue weighted by Gasteiger charge is 2.26. The number of nitrogens with zero attached hydrogens (tertiary/aromatic N) is 3. The van der Waals surface area contributed by atoms with Gasteiger partial charge in [0.25, 0.3) is 18.7 Å². The van der Waals surface area contributed by atoms with Gasteiger partial charge in [-0.15, -0.1) is 0 Å². The third-order valence-corrected chi connectivity index (χ3v) is 3.26. The van der Waals surface area contributed by atoms with Crippen LogP contribution in [-0.4, -0.2) is 34.8 Å². The van der Waals surface area contributed by atoms with Gasteiger partial charge in [0, 0.05) is 6.04 Å². The molecule has 9 heteroatoms.